The van der Waals surface area contributed by atoms with Gasteiger partial charge in [-0.25, -0.2) is 0 Å². The summed E-state index contributed by atoms with van der Waals surface area (Å²) in [5.74, 6) is 0.773. The third kappa shape index (κ3) is 3.21. The second-order valence-corrected chi connectivity index (χ2v) is 5.44. The molecule has 0 aliphatic rings. The van der Waals surface area contributed by atoms with E-state index in [-0.39, 0.29) is 11.1 Å². The SMILES string of the molecule is Cc1cc(-c2ccccc2COc2ccccc2)c(C#N)c(=O)[nH]1. The number of para-hydroxylation sites is 1. The molecule has 0 spiro atoms. The Morgan fingerprint density at radius 2 is 1.75 bits per heavy atom. The van der Waals surface area contributed by atoms with Crippen molar-refractivity contribution >= 4 is 0 Å². The predicted octanol–water partition coefficient (Wildman–Crippen LogP) is 3.80. The van der Waals surface area contributed by atoms with Crippen LogP contribution in [0.2, 0.25) is 0 Å². The molecule has 0 saturated carbocycles. The summed E-state index contributed by atoms with van der Waals surface area (Å²) in [6, 6.07) is 21.0. The van der Waals surface area contributed by atoms with E-state index in [1.165, 1.54) is 0 Å². The fourth-order valence-corrected chi connectivity index (χ4v) is 2.60. The van der Waals surface area contributed by atoms with Gasteiger partial charge in [0.15, 0.2) is 0 Å². The molecule has 1 heterocycles. The third-order valence-corrected chi connectivity index (χ3v) is 3.72. The van der Waals surface area contributed by atoms with Crippen molar-refractivity contribution in [3.05, 3.63) is 87.8 Å². The van der Waals surface area contributed by atoms with Gasteiger partial charge in [-0.2, -0.15) is 5.26 Å². The maximum absolute atomic E-state index is 12.0. The lowest BCUT2D eigenvalue weighted by atomic mass is 9.96. The van der Waals surface area contributed by atoms with E-state index in [1.807, 2.05) is 66.7 Å². The zero-order valence-electron chi connectivity index (χ0n) is 13.2. The third-order valence-electron chi connectivity index (χ3n) is 3.72. The number of hydrogen-bond acceptors (Lipinski definition) is 3. The van der Waals surface area contributed by atoms with Crippen molar-refractivity contribution in [1.82, 2.24) is 4.98 Å². The lowest BCUT2D eigenvalue weighted by Gasteiger charge is -2.12. The van der Waals surface area contributed by atoms with Crippen molar-refractivity contribution in [2.75, 3.05) is 0 Å². The highest BCUT2D eigenvalue weighted by Crippen LogP contribution is 2.27. The second-order valence-electron chi connectivity index (χ2n) is 5.44. The van der Waals surface area contributed by atoms with Crippen molar-refractivity contribution in [1.29, 1.82) is 5.26 Å². The van der Waals surface area contributed by atoms with Crippen molar-refractivity contribution in [3.63, 3.8) is 0 Å². The van der Waals surface area contributed by atoms with Gasteiger partial charge in [0, 0.05) is 11.3 Å². The van der Waals surface area contributed by atoms with Gasteiger partial charge in [-0.05, 0) is 36.2 Å². The largest absolute Gasteiger partial charge is 0.489 e. The molecule has 0 unspecified atom stereocenters. The fourth-order valence-electron chi connectivity index (χ4n) is 2.60. The average Bonchev–Trinajstić information content (AvgIpc) is 2.60. The Hall–Kier alpha value is -3.32. The summed E-state index contributed by atoms with van der Waals surface area (Å²) in [5, 5.41) is 9.35. The number of aromatic amines is 1. The summed E-state index contributed by atoms with van der Waals surface area (Å²) in [6.45, 7) is 2.16. The number of nitriles is 1. The van der Waals surface area contributed by atoms with Gasteiger partial charge in [0.1, 0.15) is 24.0 Å². The molecule has 2 aromatic carbocycles. The molecule has 0 amide bonds. The number of nitrogens with zero attached hydrogens (tertiary/aromatic N) is 1. The first-order chi connectivity index (χ1) is 11.7. The monoisotopic (exact) mass is 316 g/mol. The molecule has 3 aromatic rings. The zero-order chi connectivity index (χ0) is 16.9. The first-order valence-corrected chi connectivity index (χ1v) is 7.59. The normalized spacial score (nSPS) is 10.2. The Labute approximate surface area is 140 Å². The predicted molar refractivity (Wildman–Crippen MR) is 92.7 cm³/mol. The summed E-state index contributed by atoms with van der Waals surface area (Å²) in [4.78, 5) is 14.7. The number of aryl methyl sites for hydroxylation is 1. The highest BCUT2D eigenvalue weighted by Gasteiger charge is 2.13. The van der Waals surface area contributed by atoms with E-state index in [9.17, 15) is 10.1 Å². The molecule has 24 heavy (non-hydrogen) atoms. The quantitative estimate of drug-likeness (QED) is 0.796. The first kappa shape index (κ1) is 15.6. The zero-order valence-corrected chi connectivity index (χ0v) is 13.2. The molecule has 0 saturated heterocycles. The first-order valence-electron chi connectivity index (χ1n) is 7.59. The van der Waals surface area contributed by atoms with Gasteiger partial charge in [0.25, 0.3) is 5.56 Å². The molecule has 1 N–H and O–H groups in total. The topological polar surface area (TPSA) is 65.9 Å². The molecule has 0 aliphatic carbocycles. The lowest BCUT2D eigenvalue weighted by Crippen LogP contribution is -2.13. The number of H-pyrrole nitrogens is 1. The van der Waals surface area contributed by atoms with E-state index in [1.54, 1.807) is 6.92 Å². The highest BCUT2D eigenvalue weighted by molar-refractivity contribution is 5.73. The standard InChI is InChI=1S/C20H16N2O2/c1-14-11-18(19(12-21)20(23)22-14)17-10-6-5-7-15(17)13-24-16-8-3-2-4-9-16/h2-11H,13H2,1H3,(H,22,23). The van der Waals surface area contributed by atoms with Crippen LogP contribution in [0.3, 0.4) is 0 Å². The van der Waals surface area contributed by atoms with Gasteiger partial charge in [-0.1, -0.05) is 42.5 Å². The summed E-state index contributed by atoms with van der Waals surface area (Å²) >= 11 is 0. The van der Waals surface area contributed by atoms with Crippen molar-refractivity contribution in [3.8, 4) is 22.9 Å². The summed E-state index contributed by atoms with van der Waals surface area (Å²) in [6.07, 6.45) is 0. The van der Waals surface area contributed by atoms with E-state index in [4.69, 9.17) is 4.74 Å². The average molecular weight is 316 g/mol. The maximum atomic E-state index is 12.0. The summed E-state index contributed by atoms with van der Waals surface area (Å²) in [7, 11) is 0. The number of pyridine rings is 1. The summed E-state index contributed by atoms with van der Waals surface area (Å²) < 4.78 is 5.82. The van der Waals surface area contributed by atoms with Crippen molar-refractivity contribution < 1.29 is 4.74 Å². The number of rotatable bonds is 4. The van der Waals surface area contributed by atoms with Crippen LogP contribution in [0.5, 0.6) is 5.75 Å². The Bertz CT molecular complexity index is 953. The van der Waals surface area contributed by atoms with Crippen LogP contribution in [0.4, 0.5) is 0 Å². The van der Waals surface area contributed by atoms with E-state index < -0.39 is 0 Å². The minimum Gasteiger partial charge on any atom is -0.489 e. The Kier molecular flexibility index (Phi) is 4.44. The smallest absolute Gasteiger partial charge is 0.266 e. The van der Waals surface area contributed by atoms with Gasteiger partial charge in [-0.15, -0.1) is 0 Å². The number of nitrogens with one attached hydrogen (secondary N) is 1. The van der Waals surface area contributed by atoms with Crippen LogP contribution in [-0.2, 0) is 6.61 Å². The van der Waals surface area contributed by atoms with E-state index >= 15 is 0 Å². The highest BCUT2D eigenvalue weighted by atomic mass is 16.5. The molecule has 3 rings (SSSR count). The van der Waals surface area contributed by atoms with Crippen molar-refractivity contribution in [2.24, 2.45) is 0 Å². The molecule has 0 radical (unpaired) electrons. The van der Waals surface area contributed by atoms with Gasteiger partial charge in [0.05, 0.1) is 0 Å². The molecular formula is C20H16N2O2. The van der Waals surface area contributed by atoms with E-state index in [0.29, 0.717) is 17.9 Å². The molecule has 1 aromatic heterocycles. The number of hydrogen-bond donors (Lipinski definition) is 1. The molecular weight excluding hydrogens is 300 g/mol. The minimum absolute atomic E-state index is 0.118. The lowest BCUT2D eigenvalue weighted by molar-refractivity contribution is 0.307. The number of aromatic nitrogens is 1. The molecule has 0 bridgehead atoms. The van der Waals surface area contributed by atoms with E-state index in [2.05, 4.69) is 4.98 Å². The molecule has 4 nitrogen and oxygen atoms in total. The molecule has 0 aliphatic heterocycles. The molecule has 0 atom stereocenters. The van der Waals surface area contributed by atoms with Crippen LogP contribution >= 0.6 is 0 Å². The number of ether oxygens (including phenoxy) is 1. The van der Waals surface area contributed by atoms with E-state index in [0.717, 1.165) is 16.9 Å². The van der Waals surface area contributed by atoms with Crippen LogP contribution in [0.1, 0.15) is 16.8 Å². The minimum atomic E-state index is -0.369. The second kappa shape index (κ2) is 6.84. The molecule has 0 fully saturated rings. The molecule has 4 heteroatoms. The van der Waals surface area contributed by atoms with Crippen LogP contribution in [0.15, 0.2) is 65.5 Å². The van der Waals surface area contributed by atoms with Gasteiger partial charge >= 0.3 is 0 Å². The Balaban J connectivity index is 2.02. The fraction of sp³-hybridized carbons (Fsp3) is 0.100. The van der Waals surface area contributed by atoms with Gasteiger partial charge in [0.2, 0.25) is 0 Å². The van der Waals surface area contributed by atoms with Crippen LogP contribution in [0, 0.1) is 18.3 Å². The van der Waals surface area contributed by atoms with Crippen LogP contribution in [-0.4, -0.2) is 4.98 Å². The van der Waals surface area contributed by atoms with Gasteiger partial charge in [-0.3, -0.25) is 4.79 Å². The number of benzene rings is 2. The van der Waals surface area contributed by atoms with Crippen molar-refractivity contribution in [2.45, 2.75) is 13.5 Å². The van der Waals surface area contributed by atoms with Gasteiger partial charge < -0.3 is 9.72 Å². The molecule has 118 valence electrons. The maximum Gasteiger partial charge on any atom is 0.266 e. The van der Waals surface area contributed by atoms with Crippen LogP contribution < -0.4 is 10.3 Å². The Morgan fingerprint density at radius 3 is 2.50 bits per heavy atom. The summed E-state index contributed by atoms with van der Waals surface area (Å²) in [5.41, 5.74) is 2.85. The Morgan fingerprint density at radius 1 is 1.04 bits per heavy atom. The van der Waals surface area contributed by atoms with Crippen LogP contribution in [0.25, 0.3) is 11.1 Å².